The molecule has 0 heterocycles. The minimum Gasteiger partial charge on any atom is -0.326 e. The average Bonchev–Trinajstić information content (AvgIpc) is 2.43. The molecule has 0 fully saturated rings. The average molecular weight is 373 g/mol. The van der Waals surface area contributed by atoms with Crippen LogP contribution in [0, 0.1) is 12.7 Å². The molecule has 4 nitrogen and oxygen atoms in total. The molecular weight excluding hydrogens is 359 g/mol. The van der Waals surface area contributed by atoms with Crippen LogP contribution in [0.4, 0.5) is 10.1 Å². The van der Waals surface area contributed by atoms with Crippen molar-refractivity contribution in [2.75, 3.05) is 4.72 Å². The van der Waals surface area contributed by atoms with E-state index in [0.29, 0.717) is 15.6 Å². The van der Waals surface area contributed by atoms with Crippen molar-refractivity contribution < 1.29 is 12.8 Å². The van der Waals surface area contributed by atoms with Gasteiger partial charge in [-0.15, -0.1) is 0 Å². The molecule has 2 aromatic rings. The highest BCUT2D eigenvalue weighted by Gasteiger charge is 2.20. The van der Waals surface area contributed by atoms with Crippen LogP contribution in [0.25, 0.3) is 0 Å². The standard InChI is InChI=1S/C14H14BrFN2O2S/c1-9-11(15)6-10(8-17)7-14(9)21(19,20)18-13-5-3-2-4-12(13)16/h2-7,18H,8,17H2,1H3. The monoisotopic (exact) mass is 372 g/mol. The molecule has 3 N–H and O–H groups in total. The fourth-order valence-electron chi connectivity index (χ4n) is 1.85. The van der Waals surface area contributed by atoms with Gasteiger partial charge in [0.15, 0.2) is 0 Å². The number of hydrogen-bond acceptors (Lipinski definition) is 3. The number of sulfonamides is 1. The summed E-state index contributed by atoms with van der Waals surface area (Å²) >= 11 is 3.31. The van der Waals surface area contributed by atoms with Crippen molar-refractivity contribution in [2.45, 2.75) is 18.4 Å². The number of nitrogens with two attached hydrogens (primary N) is 1. The summed E-state index contributed by atoms with van der Waals surface area (Å²) in [6.07, 6.45) is 0. The highest BCUT2D eigenvalue weighted by atomic mass is 79.9. The van der Waals surface area contributed by atoms with Crippen LogP contribution in [-0.4, -0.2) is 8.42 Å². The van der Waals surface area contributed by atoms with E-state index in [1.165, 1.54) is 24.3 Å². The molecule has 0 saturated heterocycles. The highest BCUT2D eigenvalue weighted by molar-refractivity contribution is 9.10. The topological polar surface area (TPSA) is 72.2 Å². The SMILES string of the molecule is Cc1c(Br)cc(CN)cc1S(=O)(=O)Nc1ccccc1F. The maximum Gasteiger partial charge on any atom is 0.262 e. The first-order valence-electron chi connectivity index (χ1n) is 6.11. The minimum atomic E-state index is -3.90. The van der Waals surface area contributed by atoms with Gasteiger partial charge < -0.3 is 5.73 Å². The van der Waals surface area contributed by atoms with E-state index in [9.17, 15) is 12.8 Å². The van der Waals surface area contributed by atoms with Crippen molar-refractivity contribution in [1.29, 1.82) is 0 Å². The molecule has 0 saturated carbocycles. The molecule has 0 aromatic heterocycles. The largest absolute Gasteiger partial charge is 0.326 e. The van der Waals surface area contributed by atoms with E-state index < -0.39 is 15.8 Å². The van der Waals surface area contributed by atoms with E-state index >= 15 is 0 Å². The zero-order chi connectivity index (χ0) is 15.6. The van der Waals surface area contributed by atoms with E-state index in [0.717, 1.165) is 0 Å². The molecule has 2 rings (SSSR count). The lowest BCUT2D eigenvalue weighted by Crippen LogP contribution is -2.16. The number of benzene rings is 2. The Morgan fingerprint density at radius 2 is 1.95 bits per heavy atom. The summed E-state index contributed by atoms with van der Waals surface area (Å²) in [7, 11) is -3.90. The van der Waals surface area contributed by atoms with Crippen LogP contribution < -0.4 is 10.5 Å². The Balaban J connectivity index is 2.50. The Labute approximate surface area is 131 Å². The summed E-state index contributed by atoms with van der Waals surface area (Å²) in [5.74, 6) is -0.632. The smallest absolute Gasteiger partial charge is 0.262 e. The Bertz CT molecular complexity index is 779. The molecule has 0 atom stereocenters. The van der Waals surface area contributed by atoms with Crippen molar-refractivity contribution in [1.82, 2.24) is 0 Å². The van der Waals surface area contributed by atoms with E-state index in [1.807, 2.05) is 0 Å². The van der Waals surface area contributed by atoms with Crippen molar-refractivity contribution in [2.24, 2.45) is 5.73 Å². The van der Waals surface area contributed by atoms with Crippen LogP contribution in [0.15, 0.2) is 45.8 Å². The van der Waals surface area contributed by atoms with E-state index in [1.54, 1.807) is 19.1 Å². The maximum absolute atomic E-state index is 13.6. The first kappa shape index (κ1) is 15.9. The predicted octanol–water partition coefficient (Wildman–Crippen LogP) is 3.16. The first-order chi connectivity index (χ1) is 9.85. The summed E-state index contributed by atoms with van der Waals surface area (Å²) in [4.78, 5) is 0.0700. The number of halogens is 2. The van der Waals surface area contributed by atoms with Crippen molar-refractivity contribution in [3.63, 3.8) is 0 Å². The molecule has 0 spiro atoms. The molecule has 0 aliphatic heterocycles. The van der Waals surface area contributed by atoms with Crippen LogP contribution in [0.1, 0.15) is 11.1 Å². The lowest BCUT2D eigenvalue weighted by molar-refractivity contribution is 0.597. The van der Waals surface area contributed by atoms with Gasteiger partial charge in [-0.05, 0) is 42.3 Å². The quantitative estimate of drug-likeness (QED) is 0.865. The molecule has 0 aliphatic carbocycles. The zero-order valence-electron chi connectivity index (χ0n) is 11.2. The molecule has 0 unspecified atom stereocenters. The third-order valence-corrected chi connectivity index (χ3v) is 5.32. The van der Waals surface area contributed by atoms with E-state index in [-0.39, 0.29) is 17.1 Å². The molecule has 0 aliphatic rings. The van der Waals surface area contributed by atoms with Crippen molar-refractivity contribution in [3.8, 4) is 0 Å². The van der Waals surface area contributed by atoms with Gasteiger partial charge in [0.2, 0.25) is 0 Å². The van der Waals surface area contributed by atoms with Gasteiger partial charge in [0, 0.05) is 11.0 Å². The molecular formula is C14H14BrFN2O2S. The van der Waals surface area contributed by atoms with Crippen LogP contribution in [0.2, 0.25) is 0 Å². The Hall–Kier alpha value is -1.44. The third kappa shape index (κ3) is 3.42. The second-order valence-corrected chi connectivity index (χ2v) is 7.00. The Morgan fingerprint density at radius 1 is 1.29 bits per heavy atom. The van der Waals surface area contributed by atoms with Gasteiger partial charge in [-0.3, -0.25) is 4.72 Å². The summed E-state index contributed by atoms with van der Waals surface area (Å²) in [5.41, 5.74) is 6.68. The normalized spacial score (nSPS) is 11.4. The van der Waals surface area contributed by atoms with Gasteiger partial charge in [-0.2, -0.15) is 0 Å². The summed E-state index contributed by atoms with van der Waals surface area (Å²) < 4.78 is 41.4. The van der Waals surface area contributed by atoms with Gasteiger partial charge >= 0.3 is 0 Å². The van der Waals surface area contributed by atoms with E-state index in [2.05, 4.69) is 20.7 Å². The second-order valence-electron chi connectivity index (χ2n) is 4.49. The van der Waals surface area contributed by atoms with Crippen molar-refractivity contribution in [3.05, 3.63) is 57.8 Å². The van der Waals surface area contributed by atoms with Gasteiger partial charge in [-0.1, -0.05) is 28.1 Å². The molecule has 21 heavy (non-hydrogen) atoms. The van der Waals surface area contributed by atoms with E-state index in [4.69, 9.17) is 5.73 Å². The lowest BCUT2D eigenvalue weighted by Gasteiger charge is -2.13. The first-order valence-corrected chi connectivity index (χ1v) is 8.39. The molecule has 2 aromatic carbocycles. The number of para-hydroxylation sites is 1. The minimum absolute atomic E-state index is 0.0700. The molecule has 0 radical (unpaired) electrons. The van der Waals surface area contributed by atoms with Crippen LogP contribution in [0.3, 0.4) is 0 Å². The molecule has 0 bridgehead atoms. The van der Waals surface area contributed by atoms with Gasteiger partial charge in [0.1, 0.15) is 5.82 Å². The van der Waals surface area contributed by atoms with Crippen molar-refractivity contribution >= 4 is 31.6 Å². The second kappa shape index (κ2) is 6.13. The fraction of sp³-hybridized carbons (Fsp3) is 0.143. The number of nitrogens with one attached hydrogen (secondary N) is 1. The van der Waals surface area contributed by atoms with Crippen LogP contribution in [0.5, 0.6) is 0 Å². The van der Waals surface area contributed by atoms with Crippen LogP contribution >= 0.6 is 15.9 Å². The summed E-state index contributed by atoms with van der Waals surface area (Å²) in [5, 5.41) is 0. The summed E-state index contributed by atoms with van der Waals surface area (Å²) in [6.45, 7) is 1.88. The van der Waals surface area contributed by atoms with Gasteiger partial charge in [-0.25, -0.2) is 12.8 Å². The molecule has 112 valence electrons. The summed E-state index contributed by atoms with van der Waals surface area (Å²) in [6, 6.07) is 8.85. The molecule has 0 amide bonds. The lowest BCUT2D eigenvalue weighted by atomic mass is 10.1. The highest BCUT2D eigenvalue weighted by Crippen LogP contribution is 2.27. The predicted molar refractivity (Wildman–Crippen MR) is 84.0 cm³/mol. The third-order valence-electron chi connectivity index (χ3n) is 3.00. The maximum atomic E-state index is 13.6. The Kier molecular flexibility index (Phi) is 4.65. The zero-order valence-corrected chi connectivity index (χ0v) is 13.6. The molecule has 7 heteroatoms. The van der Waals surface area contributed by atoms with Gasteiger partial charge in [0.05, 0.1) is 10.6 Å². The Morgan fingerprint density at radius 3 is 2.57 bits per heavy atom. The number of anilines is 1. The number of hydrogen-bond donors (Lipinski definition) is 2. The van der Waals surface area contributed by atoms with Crippen LogP contribution in [-0.2, 0) is 16.6 Å². The van der Waals surface area contributed by atoms with Gasteiger partial charge in [0.25, 0.3) is 10.0 Å². The fourth-order valence-corrected chi connectivity index (χ4v) is 3.87. The number of rotatable bonds is 4.